The topological polar surface area (TPSA) is 97.2 Å². The molecule has 0 radical (unpaired) electrons. The minimum absolute atomic E-state index is 0.0747. The Hall–Kier alpha value is -3.26. The van der Waals surface area contributed by atoms with Crippen LogP contribution in [0.2, 0.25) is 0 Å². The van der Waals surface area contributed by atoms with E-state index in [1.54, 1.807) is 17.8 Å². The molecule has 0 aliphatic heterocycles. The van der Waals surface area contributed by atoms with E-state index in [-0.39, 0.29) is 11.9 Å². The third-order valence-electron chi connectivity index (χ3n) is 6.81. The minimum atomic E-state index is -0.0747. The van der Waals surface area contributed by atoms with Gasteiger partial charge in [0.05, 0.1) is 23.4 Å². The van der Waals surface area contributed by atoms with Gasteiger partial charge in [-0.3, -0.25) is 4.79 Å². The number of ether oxygens (including phenoxy) is 1. The first kappa shape index (κ1) is 19.4. The van der Waals surface area contributed by atoms with E-state index in [0.717, 1.165) is 59.2 Å². The molecule has 164 valence electrons. The molecule has 0 spiro atoms. The van der Waals surface area contributed by atoms with Crippen molar-refractivity contribution in [2.45, 2.75) is 56.6 Å². The minimum Gasteiger partial charge on any atom is -0.381 e. The molecule has 0 saturated heterocycles. The molecule has 0 bridgehead atoms. The summed E-state index contributed by atoms with van der Waals surface area (Å²) in [4.78, 5) is 25.6. The Kier molecular flexibility index (Phi) is 4.68. The number of rotatable bonds is 5. The first-order chi connectivity index (χ1) is 15.7. The highest BCUT2D eigenvalue weighted by Crippen LogP contribution is 2.39. The third-order valence-corrected chi connectivity index (χ3v) is 6.81. The third kappa shape index (κ3) is 3.44. The molecule has 2 saturated carbocycles. The van der Waals surface area contributed by atoms with Crippen molar-refractivity contribution in [1.82, 2.24) is 29.9 Å². The summed E-state index contributed by atoms with van der Waals surface area (Å²) in [6.07, 6.45) is 13.9. The molecule has 2 N–H and O–H groups in total. The van der Waals surface area contributed by atoms with Crippen LogP contribution in [0.3, 0.4) is 0 Å². The monoisotopic (exact) mass is 430 g/mol. The standard InChI is InChI=1S/C24H26N6O2/c1-32-17-6-4-16(5-7-17)28-24(31)20-13-27-30-9-8-15(10-21(20)30)18-11-26-23-19(18)12-25-22(29-23)14-2-3-14/h8-14,16-17H,2-7H2,1H3,(H,28,31)(H,25,26,29)/t16-,17-. The zero-order valence-electron chi connectivity index (χ0n) is 18.0. The fourth-order valence-corrected chi connectivity index (χ4v) is 4.73. The van der Waals surface area contributed by atoms with Crippen LogP contribution >= 0.6 is 0 Å². The maximum atomic E-state index is 13.0. The molecule has 4 aromatic heterocycles. The van der Waals surface area contributed by atoms with Gasteiger partial charge in [-0.2, -0.15) is 5.10 Å². The summed E-state index contributed by atoms with van der Waals surface area (Å²) in [5.74, 6) is 1.37. The molecule has 2 aliphatic carbocycles. The molecule has 8 heteroatoms. The van der Waals surface area contributed by atoms with Crippen molar-refractivity contribution in [3.63, 3.8) is 0 Å². The van der Waals surface area contributed by atoms with Gasteiger partial charge in [-0.25, -0.2) is 14.5 Å². The van der Waals surface area contributed by atoms with Crippen LogP contribution in [-0.4, -0.2) is 49.7 Å². The van der Waals surface area contributed by atoms with E-state index in [1.165, 1.54) is 12.8 Å². The second-order valence-electron chi connectivity index (χ2n) is 8.95. The van der Waals surface area contributed by atoms with Gasteiger partial charge >= 0.3 is 0 Å². The van der Waals surface area contributed by atoms with Gasteiger partial charge < -0.3 is 15.0 Å². The zero-order valence-corrected chi connectivity index (χ0v) is 18.0. The molecule has 32 heavy (non-hydrogen) atoms. The molecule has 2 fully saturated rings. The number of hydrogen-bond donors (Lipinski definition) is 2. The van der Waals surface area contributed by atoms with Crippen LogP contribution in [0, 0.1) is 0 Å². The highest BCUT2D eigenvalue weighted by Gasteiger charge is 2.27. The Morgan fingerprint density at radius 3 is 2.81 bits per heavy atom. The summed E-state index contributed by atoms with van der Waals surface area (Å²) in [6.45, 7) is 0. The lowest BCUT2D eigenvalue weighted by molar-refractivity contribution is 0.0599. The molecule has 4 heterocycles. The summed E-state index contributed by atoms with van der Waals surface area (Å²) in [5.41, 5.74) is 4.26. The van der Waals surface area contributed by atoms with Crippen molar-refractivity contribution >= 4 is 22.5 Å². The van der Waals surface area contributed by atoms with Gasteiger partial charge in [-0.1, -0.05) is 0 Å². The number of aromatic nitrogens is 5. The van der Waals surface area contributed by atoms with Crippen LogP contribution in [0.15, 0.2) is 36.9 Å². The predicted molar refractivity (Wildman–Crippen MR) is 121 cm³/mol. The lowest BCUT2D eigenvalue weighted by Gasteiger charge is -2.28. The average Bonchev–Trinajstić information content (AvgIpc) is 3.45. The summed E-state index contributed by atoms with van der Waals surface area (Å²) in [5, 5.41) is 8.56. The molecule has 6 rings (SSSR count). The Balaban J connectivity index is 1.28. The van der Waals surface area contributed by atoms with Crippen LogP contribution in [-0.2, 0) is 4.74 Å². The fourth-order valence-electron chi connectivity index (χ4n) is 4.73. The Labute approximate surface area is 185 Å². The van der Waals surface area contributed by atoms with E-state index in [4.69, 9.17) is 9.72 Å². The summed E-state index contributed by atoms with van der Waals surface area (Å²) < 4.78 is 7.18. The van der Waals surface area contributed by atoms with Gasteiger partial charge in [0.25, 0.3) is 5.91 Å². The van der Waals surface area contributed by atoms with Gasteiger partial charge in [0, 0.05) is 48.6 Å². The summed E-state index contributed by atoms with van der Waals surface area (Å²) in [7, 11) is 1.76. The number of pyridine rings is 1. The van der Waals surface area contributed by atoms with E-state index in [1.807, 2.05) is 30.7 Å². The van der Waals surface area contributed by atoms with Crippen LogP contribution in [0.25, 0.3) is 27.7 Å². The van der Waals surface area contributed by atoms with Crippen molar-refractivity contribution < 1.29 is 9.53 Å². The lowest BCUT2D eigenvalue weighted by Crippen LogP contribution is -2.38. The van der Waals surface area contributed by atoms with Gasteiger partial charge in [-0.15, -0.1) is 0 Å². The number of hydrogen-bond acceptors (Lipinski definition) is 5. The number of aromatic amines is 1. The quantitative estimate of drug-likeness (QED) is 0.501. The second-order valence-corrected chi connectivity index (χ2v) is 8.95. The van der Waals surface area contributed by atoms with Gasteiger partial charge in [0.2, 0.25) is 0 Å². The maximum absolute atomic E-state index is 13.0. The Morgan fingerprint density at radius 2 is 2.03 bits per heavy atom. The highest BCUT2D eigenvalue weighted by atomic mass is 16.5. The van der Waals surface area contributed by atoms with Crippen molar-refractivity contribution in [3.8, 4) is 11.1 Å². The second kappa shape index (κ2) is 7.70. The molecular formula is C24H26N6O2. The molecule has 8 nitrogen and oxygen atoms in total. The summed E-state index contributed by atoms with van der Waals surface area (Å²) in [6, 6.07) is 4.20. The summed E-state index contributed by atoms with van der Waals surface area (Å²) >= 11 is 0. The Morgan fingerprint density at radius 1 is 1.19 bits per heavy atom. The smallest absolute Gasteiger partial charge is 0.255 e. The number of carbonyl (C=O) groups excluding carboxylic acids is 1. The average molecular weight is 431 g/mol. The van der Waals surface area contributed by atoms with E-state index < -0.39 is 0 Å². The van der Waals surface area contributed by atoms with Gasteiger partial charge in [-0.05, 0) is 56.2 Å². The number of H-pyrrole nitrogens is 1. The number of carbonyl (C=O) groups is 1. The van der Waals surface area contributed by atoms with Crippen molar-refractivity contribution in [2.75, 3.05) is 7.11 Å². The Bertz CT molecular complexity index is 1300. The predicted octanol–water partition coefficient (Wildman–Crippen LogP) is 3.84. The molecule has 2 aliphatic rings. The van der Waals surface area contributed by atoms with E-state index in [2.05, 4.69) is 20.4 Å². The van der Waals surface area contributed by atoms with Crippen molar-refractivity contribution in [3.05, 3.63) is 48.3 Å². The first-order valence-electron chi connectivity index (χ1n) is 11.3. The SMILES string of the molecule is CO[C@H]1CC[C@H](NC(=O)c2cnn3ccc(-c4c[nH]c5nc(C6CC6)ncc45)cc23)CC1. The molecule has 4 aromatic rings. The lowest BCUT2D eigenvalue weighted by atomic mass is 9.93. The van der Waals surface area contributed by atoms with Crippen LogP contribution in [0.5, 0.6) is 0 Å². The number of nitrogens with one attached hydrogen (secondary N) is 2. The number of amides is 1. The van der Waals surface area contributed by atoms with Crippen LogP contribution in [0.1, 0.15) is 60.6 Å². The fraction of sp³-hybridized carbons (Fsp3) is 0.417. The number of nitrogens with zero attached hydrogens (tertiary/aromatic N) is 4. The molecular weight excluding hydrogens is 404 g/mol. The van der Waals surface area contributed by atoms with Crippen LogP contribution < -0.4 is 5.32 Å². The molecule has 0 unspecified atom stereocenters. The molecule has 0 atom stereocenters. The van der Waals surface area contributed by atoms with Gasteiger partial charge in [0.1, 0.15) is 11.5 Å². The van der Waals surface area contributed by atoms with Crippen molar-refractivity contribution in [2.24, 2.45) is 0 Å². The normalized spacial score (nSPS) is 21.3. The van der Waals surface area contributed by atoms with Gasteiger partial charge in [0.15, 0.2) is 0 Å². The number of fused-ring (bicyclic) bond motifs is 2. The van der Waals surface area contributed by atoms with E-state index in [0.29, 0.717) is 17.6 Å². The first-order valence-corrected chi connectivity index (χ1v) is 11.3. The maximum Gasteiger partial charge on any atom is 0.255 e. The van der Waals surface area contributed by atoms with Crippen LogP contribution in [0.4, 0.5) is 0 Å². The van der Waals surface area contributed by atoms with E-state index in [9.17, 15) is 4.79 Å². The zero-order chi connectivity index (χ0) is 21.7. The number of methoxy groups -OCH3 is 1. The molecule has 1 amide bonds. The van der Waals surface area contributed by atoms with Crippen molar-refractivity contribution in [1.29, 1.82) is 0 Å². The highest BCUT2D eigenvalue weighted by molar-refractivity contribution is 6.02. The van der Waals surface area contributed by atoms with E-state index >= 15 is 0 Å². The largest absolute Gasteiger partial charge is 0.381 e. The molecule has 0 aromatic carbocycles.